The van der Waals surface area contributed by atoms with Crippen LogP contribution in [0.25, 0.3) is 27.8 Å². The average Bonchev–Trinajstić information content (AvgIpc) is 2.99. The van der Waals surface area contributed by atoms with Crippen LogP contribution in [0.4, 0.5) is 0 Å². The molecule has 0 aliphatic carbocycles. The average molecular weight is 380 g/mol. The normalized spacial score (nSPS) is 11.7. The van der Waals surface area contributed by atoms with E-state index in [1.165, 1.54) is 10.9 Å². The number of rotatable bonds is 3. The Balaban J connectivity index is 2.01. The maximum absolute atomic E-state index is 4.47. The third-order valence-electron chi connectivity index (χ3n) is 4.23. The lowest BCUT2D eigenvalue weighted by molar-refractivity contribution is 0.648. The molecule has 4 rings (SSSR count). The third kappa shape index (κ3) is 2.61. The van der Waals surface area contributed by atoms with Gasteiger partial charge in [0.05, 0.1) is 0 Å². The lowest BCUT2D eigenvalue weighted by Gasteiger charge is -2.11. The Kier molecular flexibility index (Phi) is 3.85. The molecule has 120 valence electrons. The zero-order valence-corrected chi connectivity index (χ0v) is 15.3. The van der Waals surface area contributed by atoms with Crippen LogP contribution in [0.3, 0.4) is 0 Å². The minimum absolute atomic E-state index is 0.596. The zero-order chi connectivity index (χ0) is 16.7. The molecular weight excluding hydrogens is 362 g/mol. The summed E-state index contributed by atoms with van der Waals surface area (Å²) in [5.41, 5.74) is 3.32. The molecule has 4 heteroatoms. The molecule has 0 atom stereocenters. The SMILES string of the molecule is CC(C)Cc1cn2c(-c3ccc(Br)cc3)nnc2c2ccccc12. The molecular formula is C20H18BrN3. The molecule has 0 saturated heterocycles. The highest BCUT2D eigenvalue weighted by Crippen LogP contribution is 2.28. The van der Waals surface area contributed by atoms with Gasteiger partial charge in [0.25, 0.3) is 0 Å². The lowest BCUT2D eigenvalue weighted by atomic mass is 9.99. The summed E-state index contributed by atoms with van der Waals surface area (Å²) in [6.07, 6.45) is 3.24. The Morgan fingerprint density at radius 2 is 1.67 bits per heavy atom. The van der Waals surface area contributed by atoms with Crippen LogP contribution in [0.5, 0.6) is 0 Å². The van der Waals surface area contributed by atoms with Crippen LogP contribution in [0, 0.1) is 5.92 Å². The first-order valence-corrected chi connectivity index (χ1v) is 8.94. The topological polar surface area (TPSA) is 30.2 Å². The van der Waals surface area contributed by atoms with Crippen LogP contribution in [-0.4, -0.2) is 14.6 Å². The summed E-state index contributed by atoms with van der Waals surface area (Å²) in [6, 6.07) is 16.7. The second-order valence-corrected chi connectivity index (χ2v) is 7.44. The van der Waals surface area contributed by atoms with E-state index in [9.17, 15) is 0 Å². The molecule has 0 unspecified atom stereocenters. The van der Waals surface area contributed by atoms with Gasteiger partial charge >= 0.3 is 0 Å². The number of fused-ring (bicyclic) bond motifs is 3. The van der Waals surface area contributed by atoms with E-state index in [4.69, 9.17) is 0 Å². The first-order valence-electron chi connectivity index (χ1n) is 8.15. The fourth-order valence-corrected chi connectivity index (χ4v) is 3.44. The van der Waals surface area contributed by atoms with Crippen molar-refractivity contribution >= 4 is 32.3 Å². The van der Waals surface area contributed by atoms with Gasteiger partial charge in [0.1, 0.15) is 0 Å². The van der Waals surface area contributed by atoms with Gasteiger partial charge in [0, 0.05) is 21.6 Å². The molecule has 2 aromatic carbocycles. The van der Waals surface area contributed by atoms with Gasteiger partial charge in [-0.2, -0.15) is 0 Å². The molecule has 0 fully saturated rings. The van der Waals surface area contributed by atoms with Crippen molar-refractivity contribution in [2.45, 2.75) is 20.3 Å². The summed E-state index contributed by atoms with van der Waals surface area (Å²) in [5, 5.41) is 11.4. The number of halogens is 1. The van der Waals surface area contributed by atoms with Crippen LogP contribution in [0.15, 0.2) is 59.2 Å². The highest BCUT2D eigenvalue weighted by atomic mass is 79.9. The minimum Gasteiger partial charge on any atom is -0.282 e. The van der Waals surface area contributed by atoms with Gasteiger partial charge in [-0.25, -0.2) is 0 Å². The van der Waals surface area contributed by atoms with Crippen molar-refractivity contribution in [3.8, 4) is 11.4 Å². The lowest BCUT2D eigenvalue weighted by Crippen LogP contribution is -2.00. The Hall–Kier alpha value is -2.20. The van der Waals surface area contributed by atoms with E-state index in [1.807, 2.05) is 12.1 Å². The van der Waals surface area contributed by atoms with Gasteiger partial charge in [-0.15, -0.1) is 10.2 Å². The van der Waals surface area contributed by atoms with Gasteiger partial charge in [-0.3, -0.25) is 4.40 Å². The van der Waals surface area contributed by atoms with E-state index in [0.717, 1.165) is 33.3 Å². The smallest absolute Gasteiger partial charge is 0.168 e. The summed E-state index contributed by atoms with van der Waals surface area (Å²) in [4.78, 5) is 0. The number of benzene rings is 2. The molecule has 0 radical (unpaired) electrons. The van der Waals surface area contributed by atoms with Crippen molar-refractivity contribution in [3.63, 3.8) is 0 Å². The molecule has 0 aliphatic rings. The Labute approximate surface area is 149 Å². The van der Waals surface area contributed by atoms with Gasteiger partial charge in [0.2, 0.25) is 0 Å². The van der Waals surface area contributed by atoms with E-state index < -0.39 is 0 Å². The molecule has 2 heterocycles. The van der Waals surface area contributed by atoms with Crippen molar-refractivity contribution < 1.29 is 0 Å². The molecule has 0 N–H and O–H groups in total. The zero-order valence-electron chi connectivity index (χ0n) is 13.7. The first-order chi connectivity index (χ1) is 11.6. The van der Waals surface area contributed by atoms with Crippen molar-refractivity contribution in [1.29, 1.82) is 0 Å². The van der Waals surface area contributed by atoms with Crippen molar-refractivity contribution in [2.24, 2.45) is 5.92 Å². The second kappa shape index (κ2) is 6.02. The number of hydrogen-bond donors (Lipinski definition) is 0. The monoisotopic (exact) mass is 379 g/mol. The second-order valence-electron chi connectivity index (χ2n) is 6.52. The number of pyridine rings is 1. The summed E-state index contributed by atoms with van der Waals surface area (Å²) < 4.78 is 3.19. The molecule has 4 aromatic rings. The summed E-state index contributed by atoms with van der Waals surface area (Å²) in [7, 11) is 0. The van der Waals surface area contributed by atoms with E-state index in [2.05, 4.69) is 87.0 Å². The van der Waals surface area contributed by atoms with Crippen LogP contribution in [0.1, 0.15) is 19.4 Å². The predicted octanol–water partition coefficient (Wildman–Crippen LogP) is 5.51. The predicted molar refractivity (Wildman–Crippen MR) is 102 cm³/mol. The minimum atomic E-state index is 0.596. The fourth-order valence-electron chi connectivity index (χ4n) is 3.18. The highest BCUT2D eigenvalue weighted by molar-refractivity contribution is 9.10. The van der Waals surface area contributed by atoms with E-state index in [1.54, 1.807) is 0 Å². The summed E-state index contributed by atoms with van der Waals surface area (Å²) in [5.74, 6) is 1.48. The molecule has 0 saturated carbocycles. The summed E-state index contributed by atoms with van der Waals surface area (Å²) >= 11 is 3.49. The van der Waals surface area contributed by atoms with Crippen LogP contribution >= 0.6 is 15.9 Å². The maximum atomic E-state index is 4.47. The molecule has 0 amide bonds. The molecule has 0 bridgehead atoms. The van der Waals surface area contributed by atoms with Crippen molar-refractivity contribution in [1.82, 2.24) is 14.6 Å². The first kappa shape index (κ1) is 15.3. The fraction of sp³-hybridized carbons (Fsp3) is 0.200. The van der Waals surface area contributed by atoms with Gasteiger partial charge in [0.15, 0.2) is 11.5 Å². The van der Waals surface area contributed by atoms with E-state index >= 15 is 0 Å². The molecule has 3 nitrogen and oxygen atoms in total. The maximum Gasteiger partial charge on any atom is 0.168 e. The Morgan fingerprint density at radius 1 is 0.958 bits per heavy atom. The molecule has 0 aliphatic heterocycles. The van der Waals surface area contributed by atoms with Gasteiger partial charge in [-0.1, -0.05) is 66.2 Å². The number of hydrogen-bond acceptors (Lipinski definition) is 2. The highest BCUT2D eigenvalue weighted by Gasteiger charge is 2.14. The van der Waals surface area contributed by atoms with Gasteiger partial charge < -0.3 is 0 Å². The Bertz CT molecular complexity index is 1020. The molecule has 24 heavy (non-hydrogen) atoms. The van der Waals surface area contributed by atoms with E-state index in [-0.39, 0.29) is 0 Å². The van der Waals surface area contributed by atoms with Crippen LogP contribution in [0.2, 0.25) is 0 Å². The van der Waals surface area contributed by atoms with Gasteiger partial charge in [-0.05, 0) is 35.4 Å². The summed E-state index contributed by atoms with van der Waals surface area (Å²) in [6.45, 7) is 4.50. The Morgan fingerprint density at radius 3 is 2.38 bits per heavy atom. The van der Waals surface area contributed by atoms with Crippen LogP contribution < -0.4 is 0 Å². The van der Waals surface area contributed by atoms with Crippen LogP contribution in [-0.2, 0) is 6.42 Å². The largest absolute Gasteiger partial charge is 0.282 e. The number of aromatic nitrogens is 3. The molecule has 0 spiro atoms. The number of nitrogens with zero attached hydrogens (tertiary/aromatic N) is 3. The standard InChI is InChI=1S/C20H18BrN3/c1-13(2)11-15-12-24-19(14-7-9-16(21)10-8-14)22-23-20(24)18-6-4-3-5-17(15)18/h3-10,12-13H,11H2,1-2H3. The molecule has 2 aromatic heterocycles. The quantitative estimate of drug-likeness (QED) is 0.469. The van der Waals surface area contributed by atoms with E-state index in [0.29, 0.717) is 5.92 Å². The van der Waals surface area contributed by atoms with Crippen molar-refractivity contribution in [2.75, 3.05) is 0 Å². The van der Waals surface area contributed by atoms with Crippen molar-refractivity contribution in [3.05, 3.63) is 64.8 Å². The third-order valence-corrected chi connectivity index (χ3v) is 4.75.